The van der Waals surface area contributed by atoms with Gasteiger partial charge < -0.3 is 10.0 Å². The fraction of sp³-hybridized carbons (Fsp3) is 0.562. The highest BCUT2D eigenvalue weighted by Gasteiger charge is 2.22. The second-order valence-electron chi connectivity index (χ2n) is 5.52. The predicted molar refractivity (Wildman–Crippen MR) is 79.6 cm³/mol. The van der Waals surface area contributed by atoms with E-state index in [1.165, 1.54) is 0 Å². The molecule has 1 unspecified atom stereocenters. The highest BCUT2D eigenvalue weighted by Crippen LogP contribution is 2.24. The Labute approximate surface area is 121 Å². The van der Waals surface area contributed by atoms with Gasteiger partial charge in [0.25, 0.3) is 0 Å². The van der Waals surface area contributed by atoms with Crippen LogP contribution in [-0.4, -0.2) is 47.5 Å². The Kier molecular flexibility index (Phi) is 5.01. The Morgan fingerprint density at radius 2 is 1.90 bits per heavy atom. The van der Waals surface area contributed by atoms with E-state index < -0.39 is 0 Å². The van der Waals surface area contributed by atoms with Crippen molar-refractivity contribution in [3.63, 3.8) is 0 Å². The van der Waals surface area contributed by atoms with Gasteiger partial charge in [-0.25, -0.2) is 0 Å². The van der Waals surface area contributed by atoms with Crippen LogP contribution in [0.2, 0.25) is 0 Å². The van der Waals surface area contributed by atoms with Crippen LogP contribution in [0.5, 0.6) is 5.75 Å². The van der Waals surface area contributed by atoms with Crippen LogP contribution >= 0.6 is 0 Å². The third-order valence-electron chi connectivity index (χ3n) is 4.04. The van der Waals surface area contributed by atoms with Gasteiger partial charge in [-0.05, 0) is 44.0 Å². The zero-order chi connectivity index (χ0) is 14.5. The first-order valence-corrected chi connectivity index (χ1v) is 7.38. The first-order valence-electron chi connectivity index (χ1n) is 7.38. The highest BCUT2D eigenvalue weighted by atomic mass is 16.3. The standard InChI is InChI=1S/C16H24N2O2/c1-3-15(13-6-8-14(19)9-7-13)17(2)12-16(20)18-10-4-5-11-18/h6-9,15,19H,3-5,10-12H2,1-2H3. The number of phenols is 1. The summed E-state index contributed by atoms with van der Waals surface area (Å²) in [6.45, 7) is 4.39. The van der Waals surface area contributed by atoms with Crippen molar-refractivity contribution in [2.45, 2.75) is 32.2 Å². The second-order valence-corrected chi connectivity index (χ2v) is 5.52. The van der Waals surface area contributed by atoms with E-state index in [0.29, 0.717) is 6.54 Å². The number of rotatable bonds is 5. The summed E-state index contributed by atoms with van der Waals surface area (Å²) in [4.78, 5) is 16.3. The third-order valence-corrected chi connectivity index (χ3v) is 4.04. The van der Waals surface area contributed by atoms with Crippen LogP contribution in [0.15, 0.2) is 24.3 Å². The summed E-state index contributed by atoms with van der Waals surface area (Å²) in [6, 6.07) is 7.48. The van der Waals surface area contributed by atoms with Crippen molar-refractivity contribution in [3.05, 3.63) is 29.8 Å². The number of phenolic OH excluding ortho intramolecular Hbond substituents is 1. The van der Waals surface area contributed by atoms with E-state index >= 15 is 0 Å². The normalized spacial score (nSPS) is 16.6. The summed E-state index contributed by atoms with van der Waals surface area (Å²) in [7, 11) is 2.00. The Hall–Kier alpha value is -1.55. The molecular weight excluding hydrogens is 252 g/mol. The maximum absolute atomic E-state index is 12.2. The lowest BCUT2D eigenvalue weighted by Gasteiger charge is -2.28. The fourth-order valence-electron chi connectivity index (χ4n) is 2.89. The quantitative estimate of drug-likeness (QED) is 0.898. The van der Waals surface area contributed by atoms with Gasteiger partial charge in [0.05, 0.1) is 6.54 Å². The molecule has 0 spiro atoms. The SMILES string of the molecule is CCC(c1ccc(O)cc1)N(C)CC(=O)N1CCCC1. The van der Waals surface area contributed by atoms with Gasteiger partial charge in [-0.1, -0.05) is 19.1 Å². The number of carbonyl (C=O) groups excluding carboxylic acids is 1. The molecule has 1 fully saturated rings. The molecular formula is C16H24N2O2. The molecule has 0 aromatic heterocycles. The molecule has 1 heterocycles. The fourth-order valence-corrected chi connectivity index (χ4v) is 2.89. The van der Waals surface area contributed by atoms with Crippen molar-refractivity contribution in [1.82, 2.24) is 9.80 Å². The van der Waals surface area contributed by atoms with Gasteiger partial charge in [0.1, 0.15) is 5.75 Å². The van der Waals surface area contributed by atoms with Crippen molar-refractivity contribution in [2.75, 3.05) is 26.7 Å². The molecule has 1 amide bonds. The van der Waals surface area contributed by atoms with Gasteiger partial charge in [0.15, 0.2) is 0 Å². The summed E-state index contributed by atoms with van der Waals surface area (Å²) in [5.41, 5.74) is 1.14. The van der Waals surface area contributed by atoms with Gasteiger partial charge in [-0.15, -0.1) is 0 Å². The van der Waals surface area contributed by atoms with E-state index in [1.807, 2.05) is 24.1 Å². The number of aromatic hydroxyl groups is 1. The monoisotopic (exact) mass is 276 g/mol. The first-order chi connectivity index (χ1) is 9.61. The molecule has 0 saturated carbocycles. The Bertz CT molecular complexity index is 438. The lowest BCUT2D eigenvalue weighted by molar-refractivity contribution is -0.131. The van der Waals surface area contributed by atoms with Crippen LogP contribution in [0, 0.1) is 0 Å². The molecule has 1 saturated heterocycles. The van der Waals surface area contributed by atoms with E-state index in [1.54, 1.807) is 12.1 Å². The minimum atomic E-state index is 0.210. The number of amides is 1. The van der Waals surface area contributed by atoms with Crippen molar-refractivity contribution < 1.29 is 9.90 Å². The van der Waals surface area contributed by atoms with Gasteiger partial charge in [0, 0.05) is 19.1 Å². The number of likely N-dealkylation sites (N-methyl/N-ethyl adjacent to an activating group) is 1. The van der Waals surface area contributed by atoms with Crippen LogP contribution in [0.3, 0.4) is 0 Å². The molecule has 4 nitrogen and oxygen atoms in total. The van der Waals surface area contributed by atoms with Gasteiger partial charge in [-0.2, -0.15) is 0 Å². The molecule has 1 atom stereocenters. The van der Waals surface area contributed by atoms with E-state index in [9.17, 15) is 9.90 Å². The van der Waals surface area contributed by atoms with E-state index in [-0.39, 0.29) is 17.7 Å². The number of hydrogen-bond acceptors (Lipinski definition) is 3. The smallest absolute Gasteiger partial charge is 0.236 e. The molecule has 1 aliphatic heterocycles. The number of nitrogens with zero attached hydrogens (tertiary/aromatic N) is 2. The van der Waals surface area contributed by atoms with Crippen LogP contribution in [0.4, 0.5) is 0 Å². The molecule has 1 aromatic rings. The molecule has 1 aromatic carbocycles. The minimum Gasteiger partial charge on any atom is -0.508 e. The van der Waals surface area contributed by atoms with Crippen LogP contribution in [0.1, 0.15) is 37.8 Å². The number of carbonyl (C=O) groups is 1. The van der Waals surface area contributed by atoms with Crippen molar-refractivity contribution in [1.29, 1.82) is 0 Å². The summed E-state index contributed by atoms with van der Waals surface area (Å²) >= 11 is 0. The van der Waals surface area contributed by atoms with Crippen molar-refractivity contribution >= 4 is 5.91 Å². The topological polar surface area (TPSA) is 43.8 Å². The zero-order valence-corrected chi connectivity index (χ0v) is 12.4. The van der Waals surface area contributed by atoms with E-state index in [0.717, 1.165) is 37.9 Å². The van der Waals surface area contributed by atoms with Gasteiger partial charge in [0.2, 0.25) is 5.91 Å². The maximum Gasteiger partial charge on any atom is 0.236 e. The third kappa shape index (κ3) is 3.51. The lowest BCUT2D eigenvalue weighted by Crippen LogP contribution is -2.38. The predicted octanol–water partition coefficient (Wildman–Crippen LogP) is 2.40. The maximum atomic E-state index is 12.2. The zero-order valence-electron chi connectivity index (χ0n) is 12.4. The molecule has 0 bridgehead atoms. The summed E-state index contributed by atoms with van der Waals surface area (Å²) < 4.78 is 0. The number of hydrogen-bond donors (Lipinski definition) is 1. The van der Waals surface area contributed by atoms with Gasteiger partial charge in [-0.3, -0.25) is 9.69 Å². The Balaban J connectivity index is 1.99. The van der Waals surface area contributed by atoms with Crippen LogP contribution < -0.4 is 0 Å². The van der Waals surface area contributed by atoms with E-state index in [4.69, 9.17) is 0 Å². The molecule has 2 rings (SSSR count). The Morgan fingerprint density at radius 3 is 2.45 bits per heavy atom. The second kappa shape index (κ2) is 6.75. The average molecular weight is 276 g/mol. The molecule has 110 valence electrons. The summed E-state index contributed by atoms with van der Waals surface area (Å²) in [5, 5.41) is 9.36. The first kappa shape index (κ1) is 14.9. The molecule has 0 aliphatic carbocycles. The Morgan fingerprint density at radius 1 is 1.30 bits per heavy atom. The summed E-state index contributed by atoms with van der Waals surface area (Å²) in [5.74, 6) is 0.502. The van der Waals surface area contributed by atoms with Gasteiger partial charge >= 0.3 is 0 Å². The van der Waals surface area contributed by atoms with E-state index in [2.05, 4.69) is 11.8 Å². The molecule has 1 N–H and O–H groups in total. The van der Waals surface area contributed by atoms with Crippen LogP contribution in [-0.2, 0) is 4.79 Å². The lowest BCUT2D eigenvalue weighted by atomic mass is 10.0. The van der Waals surface area contributed by atoms with Crippen molar-refractivity contribution in [2.24, 2.45) is 0 Å². The minimum absolute atomic E-state index is 0.210. The number of benzene rings is 1. The molecule has 4 heteroatoms. The molecule has 0 radical (unpaired) electrons. The molecule has 1 aliphatic rings. The summed E-state index contributed by atoms with van der Waals surface area (Å²) in [6.07, 6.45) is 3.20. The number of likely N-dealkylation sites (tertiary alicyclic amines) is 1. The van der Waals surface area contributed by atoms with Crippen molar-refractivity contribution in [3.8, 4) is 5.75 Å². The molecule has 20 heavy (non-hydrogen) atoms. The average Bonchev–Trinajstić information content (AvgIpc) is 2.96. The highest BCUT2D eigenvalue weighted by molar-refractivity contribution is 5.78. The largest absolute Gasteiger partial charge is 0.508 e. The van der Waals surface area contributed by atoms with Crippen LogP contribution in [0.25, 0.3) is 0 Å².